The molecule has 2 N–H and O–H groups in total. The second-order valence-electron chi connectivity index (χ2n) is 3.63. The minimum Gasteiger partial charge on any atom is -0.478 e. The van der Waals surface area contributed by atoms with Crippen LogP contribution in [0.4, 0.5) is 23.2 Å². The van der Waals surface area contributed by atoms with Crippen LogP contribution in [0.1, 0.15) is 23.2 Å². The van der Waals surface area contributed by atoms with Crippen LogP contribution in [0.3, 0.4) is 0 Å². The summed E-state index contributed by atoms with van der Waals surface area (Å²) in [6.45, 7) is 0. The number of rotatable bonds is 4. The van der Waals surface area contributed by atoms with Crippen LogP contribution in [0.25, 0.3) is 0 Å². The fourth-order valence-electron chi connectivity index (χ4n) is 1.31. The molecule has 4 nitrogen and oxygen atoms in total. The molecule has 0 aromatic heterocycles. The van der Waals surface area contributed by atoms with Crippen LogP contribution in [0, 0.1) is 5.82 Å². The van der Waals surface area contributed by atoms with Crippen molar-refractivity contribution in [1.82, 2.24) is 0 Å². The van der Waals surface area contributed by atoms with E-state index in [4.69, 9.17) is 5.11 Å². The zero-order valence-corrected chi connectivity index (χ0v) is 9.42. The highest BCUT2D eigenvalue weighted by Gasteiger charge is 2.28. The number of hydrogen-bond donors (Lipinski definition) is 2. The molecule has 1 aromatic rings. The number of hydrogen-bond acceptors (Lipinski definition) is 2. The Morgan fingerprint density at radius 3 is 2.42 bits per heavy atom. The van der Waals surface area contributed by atoms with Crippen LogP contribution in [-0.4, -0.2) is 23.2 Å². The predicted molar refractivity (Wildman–Crippen MR) is 57.3 cm³/mol. The van der Waals surface area contributed by atoms with Crippen LogP contribution in [0.5, 0.6) is 0 Å². The molecule has 0 radical (unpaired) electrons. The number of carbonyl (C=O) groups is 2. The SMILES string of the molecule is O=C(CCC(F)(F)F)Nc1cccc(F)c1C(=O)O. The van der Waals surface area contributed by atoms with E-state index in [0.29, 0.717) is 0 Å². The van der Waals surface area contributed by atoms with Gasteiger partial charge in [-0.3, -0.25) is 4.79 Å². The number of nitrogens with one attached hydrogen (secondary N) is 1. The highest BCUT2D eigenvalue weighted by molar-refractivity contribution is 6.00. The lowest BCUT2D eigenvalue weighted by Crippen LogP contribution is -2.18. The van der Waals surface area contributed by atoms with Gasteiger partial charge >= 0.3 is 12.1 Å². The van der Waals surface area contributed by atoms with E-state index in [2.05, 4.69) is 0 Å². The number of halogens is 4. The molecule has 0 atom stereocenters. The molecular weight excluding hydrogens is 270 g/mol. The number of aromatic carboxylic acids is 1. The van der Waals surface area contributed by atoms with E-state index in [0.717, 1.165) is 18.2 Å². The standard InChI is InChI=1S/C11H9F4NO3/c12-6-2-1-3-7(9(6)10(18)19)16-8(17)4-5-11(13,14)15/h1-3H,4-5H2,(H,16,17)(H,18,19). The first-order chi connectivity index (χ1) is 8.70. The fraction of sp³-hybridized carbons (Fsp3) is 0.273. The van der Waals surface area contributed by atoms with Crippen LogP contribution in [0.15, 0.2) is 18.2 Å². The Hall–Kier alpha value is -2.12. The predicted octanol–water partition coefficient (Wildman–Crippen LogP) is 2.80. The third-order valence-electron chi connectivity index (χ3n) is 2.14. The maximum absolute atomic E-state index is 13.2. The van der Waals surface area contributed by atoms with E-state index < -0.39 is 42.3 Å². The van der Waals surface area contributed by atoms with Crippen molar-refractivity contribution in [1.29, 1.82) is 0 Å². The van der Waals surface area contributed by atoms with E-state index in [1.165, 1.54) is 0 Å². The first-order valence-corrected chi connectivity index (χ1v) is 5.09. The van der Waals surface area contributed by atoms with Crippen molar-refractivity contribution in [3.8, 4) is 0 Å². The zero-order chi connectivity index (χ0) is 14.6. The highest BCUT2D eigenvalue weighted by atomic mass is 19.4. The molecule has 0 bridgehead atoms. The molecule has 0 aliphatic heterocycles. The van der Waals surface area contributed by atoms with Crippen molar-refractivity contribution in [3.05, 3.63) is 29.6 Å². The topological polar surface area (TPSA) is 66.4 Å². The summed E-state index contributed by atoms with van der Waals surface area (Å²) in [6.07, 6.45) is -6.69. The minimum atomic E-state index is -4.49. The maximum Gasteiger partial charge on any atom is 0.389 e. The Balaban J connectivity index is 2.80. The monoisotopic (exact) mass is 279 g/mol. The lowest BCUT2D eigenvalue weighted by molar-refractivity contribution is -0.142. The summed E-state index contributed by atoms with van der Waals surface area (Å²) in [5.41, 5.74) is -1.16. The van der Waals surface area contributed by atoms with Gasteiger partial charge in [0.15, 0.2) is 0 Å². The van der Waals surface area contributed by atoms with Gasteiger partial charge in [-0.15, -0.1) is 0 Å². The maximum atomic E-state index is 13.2. The molecule has 0 heterocycles. The van der Waals surface area contributed by atoms with Gasteiger partial charge < -0.3 is 10.4 Å². The van der Waals surface area contributed by atoms with Crippen molar-refractivity contribution in [3.63, 3.8) is 0 Å². The van der Waals surface area contributed by atoms with Crippen LogP contribution in [0.2, 0.25) is 0 Å². The zero-order valence-electron chi connectivity index (χ0n) is 9.42. The number of carboxylic acid groups (broad SMARTS) is 1. The van der Waals surface area contributed by atoms with E-state index in [1.54, 1.807) is 0 Å². The molecule has 19 heavy (non-hydrogen) atoms. The molecule has 104 valence electrons. The molecule has 0 aliphatic carbocycles. The molecule has 0 aliphatic rings. The molecule has 0 saturated carbocycles. The first-order valence-electron chi connectivity index (χ1n) is 5.09. The summed E-state index contributed by atoms with van der Waals surface area (Å²) in [5, 5.41) is 10.7. The second-order valence-corrected chi connectivity index (χ2v) is 3.63. The summed E-state index contributed by atoms with van der Waals surface area (Å²) in [4.78, 5) is 22.0. The van der Waals surface area contributed by atoms with Gasteiger partial charge in [0.2, 0.25) is 5.91 Å². The molecular formula is C11H9F4NO3. The van der Waals surface area contributed by atoms with Gasteiger partial charge in [-0.1, -0.05) is 6.07 Å². The lowest BCUT2D eigenvalue weighted by atomic mass is 10.1. The molecule has 1 amide bonds. The summed E-state index contributed by atoms with van der Waals surface area (Å²) in [5.74, 6) is -3.74. The Morgan fingerprint density at radius 2 is 1.89 bits per heavy atom. The Labute approximate surface area is 105 Å². The summed E-state index contributed by atoms with van der Waals surface area (Å²) >= 11 is 0. The highest BCUT2D eigenvalue weighted by Crippen LogP contribution is 2.23. The van der Waals surface area contributed by atoms with Gasteiger partial charge in [-0.05, 0) is 12.1 Å². The van der Waals surface area contributed by atoms with Crippen LogP contribution in [-0.2, 0) is 4.79 Å². The average Bonchev–Trinajstić information content (AvgIpc) is 2.25. The molecule has 0 fully saturated rings. The number of amides is 1. The molecule has 1 rings (SSSR count). The number of carboxylic acids is 1. The third kappa shape index (κ3) is 4.57. The summed E-state index contributed by atoms with van der Waals surface area (Å²) in [7, 11) is 0. The largest absolute Gasteiger partial charge is 0.478 e. The van der Waals surface area contributed by atoms with Crippen molar-refractivity contribution in [2.24, 2.45) is 0 Å². The normalized spacial score (nSPS) is 11.2. The van der Waals surface area contributed by atoms with E-state index >= 15 is 0 Å². The van der Waals surface area contributed by atoms with Crippen LogP contribution < -0.4 is 5.32 Å². The molecule has 0 spiro atoms. The van der Waals surface area contributed by atoms with Crippen molar-refractivity contribution in [2.75, 3.05) is 5.32 Å². The van der Waals surface area contributed by atoms with Gasteiger partial charge in [0.25, 0.3) is 0 Å². The summed E-state index contributed by atoms with van der Waals surface area (Å²) in [6, 6.07) is 3.11. The molecule has 0 unspecified atom stereocenters. The average molecular weight is 279 g/mol. The third-order valence-corrected chi connectivity index (χ3v) is 2.14. The van der Waals surface area contributed by atoms with E-state index in [1.807, 2.05) is 5.32 Å². The van der Waals surface area contributed by atoms with Crippen molar-refractivity contribution >= 4 is 17.6 Å². The minimum absolute atomic E-state index is 0.375. The van der Waals surface area contributed by atoms with Crippen molar-refractivity contribution < 1.29 is 32.3 Å². The first kappa shape index (κ1) is 14.9. The Kier molecular flexibility index (Phi) is 4.47. The fourth-order valence-corrected chi connectivity index (χ4v) is 1.31. The van der Waals surface area contributed by atoms with Gasteiger partial charge in [0.1, 0.15) is 11.4 Å². The number of benzene rings is 1. The lowest BCUT2D eigenvalue weighted by Gasteiger charge is -2.10. The second kappa shape index (κ2) is 5.68. The smallest absolute Gasteiger partial charge is 0.389 e. The van der Waals surface area contributed by atoms with Gasteiger partial charge in [0, 0.05) is 6.42 Å². The Bertz CT molecular complexity index is 499. The number of alkyl halides is 3. The number of carbonyl (C=O) groups excluding carboxylic acids is 1. The van der Waals surface area contributed by atoms with E-state index in [-0.39, 0.29) is 5.69 Å². The quantitative estimate of drug-likeness (QED) is 0.833. The van der Waals surface area contributed by atoms with Crippen molar-refractivity contribution in [2.45, 2.75) is 19.0 Å². The molecule has 1 aromatic carbocycles. The molecule has 8 heteroatoms. The molecule has 0 saturated heterocycles. The van der Waals surface area contributed by atoms with Crippen LogP contribution >= 0.6 is 0 Å². The van der Waals surface area contributed by atoms with Gasteiger partial charge in [-0.2, -0.15) is 13.2 Å². The van der Waals surface area contributed by atoms with Gasteiger partial charge in [-0.25, -0.2) is 9.18 Å². The van der Waals surface area contributed by atoms with E-state index in [9.17, 15) is 27.2 Å². The Morgan fingerprint density at radius 1 is 1.26 bits per heavy atom. The number of anilines is 1. The summed E-state index contributed by atoms with van der Waals surface area (Å²) < 4.78 is 48.9. The van der Waals surface area contributed by atoms with Gasteiger partial charge in [0.05, 0.1) is 12.1 Å².